The van der Waals surface area contributed by atoms with Crippen LogP contribution in [0.2, 0.25) is 5.02 Å². The maximum atomic E-state index is 5.81. The van der Waals surface area contributed by atoms with Crippen molar-refractivity contribution in [3.63, 3.8) is 0 Å². The molecule has 1 rings (SSSR count). The first-order valence-corrected chi connectivity index (χ1v) is 5.36. The number of nitrogens with zero attached hydrogens (tertiary/aromatic N) is 1. The minimum Gasteiger partial charge on any atom is -0.376 e. The third-order valence-electron chi connectivity index (χ3n) is 1.71. The molecule has 0 unspecified atom stereocenters. The minimum atomic E-state index is 0.248. The fourth-order valence-corrected chi connectivity index (χ4v) is 1.23. The zero-order valence-corrected chi connectivity index (χ0v) is 9.83. The highest BCUT2D eigenvalue weighted by molar-refractivity contribution is 6.30. The molecule has 0 bridgehead atoms. The van der Waals surface area contributed by atoms with Gasteiger partial charge in [0.2, 0.25) is 0 Å². The van der Waals surface area contributed by atoms with Crippen LogP contribution in [0.25, 0.3) is 0 Å². The third kappa shape index (κ3) is 5.72. The summed E-state index contributed by atoms with van der Waals surface area (Å²) in [6.07, 6.45) is 1.92. The van der Waals surface area contributed by atoms with Crippen LogP contribution in [0.4, 0.5) is 0 Å². The van der Waals surface area contributed by atoms with Crippen molar-refractivity contribution in [1.82, 2.24) is 4.98 Å². The van der Waals surface area contributed by atoms with Gasteiger partial charge in [-0.05, 0) is 26.0 Å². The number of pyridine rings is 1. The first-order chi connectivity index (χ1) is 7.18. The summed E-state index contributed by atoms with van der Waals surface area (Å²) in [5, 5.41) is 0.682. The zero-order valence-electron chi connectivity index (χ0n) is 9.07. The van der Waals surface area contributed by atoms with Crippen molar-refractivity contribution >= 4 is 11.6 Å². The van der Waals surface area contributed by atoms with E-state index in [0.29, 0.717) is 24.8 Å². The van der Waals surface area contributed by atoms with Crippen molar-refractivity contribution < 1.29 is 9.47 Å². The topological polar surface area (TPSA) is 31.4 Å². The summed E-state index contributed by atoms with van der Waals surface area (Å²) < 4.78 is 10.7. The largest absolute Gasteiger partial charge is 0.376 e. The molecule has 0 fully saturated rings. The zero-order chi connectivity index (χ0) is 11.1. The lowest BCUT2D eigenvalue weighted by atomic mass is 10.4. The summed E-state index contributed by atoms with van der Waals surface area (Å²) in [6, 6.07) is 3.54. The first kappa shape index (κ1) is 12.4. The summed E-state index contributed by atoms with van der Waals surface area (Å²) in [4.78, 5) is 4.12. The Morgan fingerprint density at radius 3 is 2.87 bits per heavy atom. The van der Waals surface area contributed by atoms with Gasteiger partial charge in [0.25, 0.3) is 0 Å². The van der Waals surface area contributed by atoms with Gasteiger partial charge in [-0.15, -0.1) is 0 Å². The second-order valence-corrected chi connectivity index (χ2v) is 3.87. The molecule has 1 aromatic heterocycles. The Hall–Kier alpha value is -0.640. The van der Waals surface area contributed by atoms with E-state index >= 15 is 0 Å². The summed E-state index contributed by atoms with van der Waals surface area (Å²) >= 11 is 5.81. The van der Waals surface area contributed by atoms with Gasteiger partial charge in [-0.2, -0.15) is 0 Å². The van der Waals surface area contributed by atoms with E-state index in [1.165, 1.54) is 0 Å². The molecule has 0 N–H and O–H groups in total. The Morgan fingerprint density at radius 2 is 2.20 bits per heavy atom. The normalized spacial score (nSPS) is 10.9. The van der Waals surface area contributed by atoms with Gasteiger partial charge >= 0.3 is 0 Å². The molecule has 0 aliphatic carbocycles. The van der Waals surface area contributed by atoms with E-state index in [4.69, 9.17) is 21.1 Å². The molecule has 0 saturated heterocycles. The van der Waals surface area contributed by atoms with Crippen LogP contribution in [-0.4, -0.2) is 24.3 Å². The van der Waals surface area contributed by atoms with Crippen LogP contribution >= 0.6 is 11.6 Å². The molecule has 4 heteroatoms. The van der Waals surface area contributed by atoms with Crippen LogP contribution in [-0.2, 0) is 16.1 Å². The molecule has 0 atom stereocenters. The molecule has 15 heavy (non-hydrogen) atoms. The lowest BCUT2D eigenvalue weighted by molar-refractivity contribution is 0.0135. The van der Waals surface area contributed by atoms with E-state index in [0.717, 1.165) is 5.69 Å². The number of halogens is 1. The number of rotatable bonds is 6. The highest BCUT2D eigenvalue weighted by atomic mass is 35.5. The lowest BCUT2D eigenvalue weighted by Gasteiger charge is -2.07. The number of aromatic nitrogens is 1. The highest BCUT2D eigenvalue weighted by Gasteiger charge is 1.97. The Balaban J connectivity index is 2.15. The minimum absolute atomic E-state index is 0.248. The molecule has 0 aliphatic heterocycles. The van der Waals surface area contributed by atoms with Crippen molar-refractivity contribution in [3.05, 3.63) is 29.0 Å². The second kappa shape index (κ2) is 6.77. The van der Waals surface area contributed by atoms with Crippen molar-refractivity contribution in [1.29, 1.82) is 0 Å². The molecule has 0 saturated carbocycles. The molecule has 3 nitrogen and oxygen atoms in total. The monoisotopic (exact) mass is 229 g/mol. The smallest absolute Gasteiger partial charge is 0.0889 e. The summed E-state index contributed by atoms with van der Waals surface area (Å²) in [5.74, 6) is 0. The highest BCUT2D eigenvalue weighted by Crippen LogP contribution is 2.08. The number of ether oxygens (including phenoxy) is 2. The predicted molar refractivity (Wildman–Crippen MR) is 60.0 cm³/mol. The molecule has 0 amide bonds. The average molecular weight is 230 g/mol. The van der Waals surface area contributed by atoms with E-state index < -0.39 is 0 Å². The summed E-state index contributed by atoms with van der Waals surface area (Å²) in [7, 11) is 0. The lowest BCUT2D eigenvalue weighted by Crippen LogP contribution is -2.09. The van der Waals surface area contributed by atoms with Crippen molar-refractivity contribution in [2.75, 3.05) is 13.2 Å². The predicted octanol–water partition coefficient (Wildman–Crippen LogP) is 2.68. The molecule has 1 aromatic rings. The molecule has 0 aliphatic rings. The summed E-state index contributed by atoms with van der Waals surface area (Å²) in [6.45, 7) is 5.66. The van der Waals surface area contributed by atoms with Crippen molar-refractivity contribution in [2.45, 2.75) is 26.6 Å². The van der Waals surface area contributed by atoms with E-state index in [-0.39, 0.29) is 6.10 Å². The van der Waals surface area contributed by atoms with E-state index in [1.54, 1.807) is 18.3 Å². The van der Waals surface area contributed by atoms with Crippen molar-refractivity contribution in [3.8, 4) is 0 Å². The molecule has 1 heterocycles. The van der Waals surface area contributed by atoms with Crippen LogP contribution in [0.5, 0.6) is 0 Å². The molecule has 0 aromatic carbocycles. The van der Waals surface area contributed by atoms with Crippen LogP contribution in [0.3, 0.4) is 0 Å². The van der Waals surface area contributed by atoms with Gasteiger partial charge in [0.15, 0.2) is 0 Å². The van der Waals surface area contributed by atoms with Gasteiger partial charge in [0, 0.05) is 11.2 Å². The Bertz CT molecular complexity index is 292. The Labute approximate surface area is 95.4 Å². The molecule has 0 radical (unpaired) electrons. The Morgan fingerprint density at radius 1 is 1.40 bits per heavy atom. The fraction of sp³-hybridized carbons (Fsp3) is 0.545. The molecule has 84 valence electrons. The van der Waals surface area contributed by atoms with Crippen LogP contribution < -0.4 is 0 Å². The van der Waals surface area contributed by atoms with Gasteiger partial charge in [0.1, 0.15) is 0 Å². The van der Waals surface area contributed by atoms with Crippen LogP contribution in [0, 0.1) is 0 Å². The SMILES string of the molecule is CC(C)OCCOCc1cc(Cl)ccn1. The Kier molecular flexibility index (Phi) is 5.61. The fourth-order valence-electron chi connectivity index (χ4n) is 1.05. The van der Waals surface area contributed by atoms with Gasteiger partial charge in [-0.25, -0.2) is 0 Å². The molecular weight excluding hydrogens is 214 g/mol. The van der Waals surface area contributed by atoms with E-state index in [2.05, 4.69) is 4.98 Å². The maximum absolute atomic E-state index is 5.81. The van der Waals surface area contributed by atoms with Crippen LogP contribution in [0.1, 0.15) is 19.5 Å². The van der Waals surface area contributed by atoms with E-state index in [9.17, 15) is 0 Å². The maximum Gasteiger partial charge on any atom is 0.0889 e. The third-order valence-corrected chi connectivity index (χ3v) is 1.94. The first-order valence-electron chi connectivity index (χ1n) is 4.98. The average Bonchev–Trinajstić information content (AvgIpc) is 2.17. The quantitative estimate of drug-likeness (QED) is 0.703. The van der Waals surface area contributed by atoms with Gasteiger partial charge in [-0.1, -0.05) is 11.6 Å². The van der Waals surface area contributed by atoms with E-state index in [1.807, 2.05) is 13.8 Å². The van der Waals surface area contributed by atoms with Gasteiger partial charge < -0.3 is 9.47 Å². The standard InChI is InChI=1S/C11H16ClNO2/c1-9(2)15-6-5-14-8-11-7-10(12)3-4-13-11/h3-4,7,9H,5-6,8H2,1-2H3. The summed E-state index contributed by atoms with van der Waals surface area (Å²) in [5.41, 5.74) is 0.840. The van der Waals surface area contributed by atoms with Gasteiger partial charge in [0.05, 0.1) is 31.6 Å². The second-order valence-electron chi connectivity index (χ2n) is 3.44. The molecular formula is C11H16ClNO2. The van der Waals surface area contributed by atoms with Crippen LogP contribution in [0.15, 0.2) is 18.3 Å². The molecule has 0 spiro atoms. The van der Waals surface area contributed by atoms with Crippen molar-refractivity contribution in [2.24, 2.45) is 0 Å². The number of hydrogen-bond donors (Lipinski definition) is 0. The van der Waals surface area contributed by atoms with Gasteiger partial charge in [-0.3, -0.25) is 4.98 Å². The number of hydrogen-bond acceptors (Lipinski definition) is 3.